The SMILES string of the molecule is N#Cc1cc(Br)ccc1S[C@H](C[C@H](N)CO)c1ccccc1.O=C(O)C(=O)O. The number of nitrogens with zero attached hydrogens (tertiary/aromatic N) is 1. The molecule has 0 aliphatic carbocycles. The summed E-state index contributed by atoms with van der Waals surface area (Å²) in [7, 11) is 0. The Balaban J connectivity index is 0.000000568. The number of thioether (sulfide) groups is 1. The van der Waals surface area contributed by atoms with E-state index in [1.54, 1.807) is 11.8 Å². The molecular formula is C19H19BrN2O5S. The number of aliphatic carboxylic acids is 2. The van der Waals surface area contributed by atoms with E-state index in [0.717, 1.165) is 14.9 Å². The van der Waals surface area contributed by atoms with Crippen LogP contribution >= 0.6 is 27.7 Å². The van der Waals surface area contributed by atoms with Crippen molar-refractivity contribution in [3.8, 4) is 6.07 Å². The van der Waals surface area contributed by atoms with Crippen molar-refractivity contribution in [1.82, 2.24) is 0 Å². The number of carboxylic acid groups (broad SMARTS) is 2. The van der Waals surface area contributed by atoms with Gasteiger partial charge in [0.25, 0.3) is 0 Å². The molecule has 9 heteroatoms. The lowest BCUT2D eigenvalue weighted by Crippen LogP contribution is -2.26. The van der Waals surface area contributed by atoms with Crippen molar-refractivity contribution in [2.45, 2.75) is 22.6 Å². The number of hydrogen-bond acceptors (Lipinski definition) is 6. The zero-order valence-electron chi connectivity index (χ0n) is 14.7. The maximum atomic E-state index is 9.31. The van der Waals surface area contributed by atoms with Gasteiger partial charge in [-0.05, 0) is 30.2 Å². The van der Waals surface area contributed by atoms with Gasteiger partial charge in [-0.3, -0.25) is 0 Å². The zero-order valence-corrected chi connectivity index (χ0v) is 17.1. The smallest absolute Gasteiger partial charge is 0.414 e. The number of aliphatic hydroxyl groups is 1. The van der Waals surface area contributed by atoms with Crippen LogP contribution in [0, 0.1) is 11.3 Å². The number of rotatable bonds is 6. The summed E-state index contributed by atoms with van der Waals surface area (Å²) in [6.07, 6.45) is 0.645. The first-order chi connectivity index (χ1) is 13.3. The summed E-state index contributed by atoms with van der Waals surface area (Å²) < 4.78 is 0.886. The summed E-state index contributed by atoms with van der Waals surface area (Å²) in [6, 6.07) is 17.7. The Labute approximate surface area is 174 Å². The lowest BCUT2D eigenvalue weighted by atomic mass is 10.1. The normalized spacial score (nSPS) is 12.1. The lowest BCUT2D eigenvalue weighted by molar-refractivity contribution is -0.159. The molecule has 2 rings (SSSR count). The molecule has 7 nitrogen and oxygen atoms in total. The number of aliphatic hydroxyl groups excluding tert-OH is 1. The van der Waals surface area contributed by atoms with Crippen LogP contribution in [0.3, 0.4) is 0 Å². The van der Waals surface area contributed by atoms with Gasteiger partial charge < -0.3 is 21.1 Å². The minimum absolute atomic E-state index is 0.0463. The topological polar surface area (TPSA) is 145 Å². The van der Waals surface area contributed by atoms with E-state index in [1.165, 1.54) is 0 Å². The monoisotopic (exact) mass is 466 g/mol. The van der Waals surface area contributed by atoms with Crippen LogP contribution in [0.15, 0.2) is 57.9 Å². The molecular weight excluding hydrogens is 448 g/mol. The predicted octanol–water partition coefficient (Wildman–Crippen LogP) is 3.02. The first kappa shape index (κ1) is 23.7. The number of benzene rings is 2. The first-order valence-electron chi connectivity index (χ1n) is 8.02. The lowest BCUT2D eigenvalue weighted by Gasteiger charge is -2.20. The van der Waals surface area contributed by atoms with Crippen LogP contribution in [-0.2, 0) is 9.59 Å². The van der Waals surface area contributed by atoms with E-state index in [1.807, 2.05) is 48.5 Å². The van der Waals surface area contributed by atoms with Crippen molar-refractivity contribution >= 4 is 39.6 Å². The second kappa shape index (κ2) is 12.2. The minimum atomic E-state index is -1.82. The number of carbonyl (C=O) groups is 2. The highest BCUT2D eigenvalue weighted by Crippen LogP contribution is 2.40. The zero-order chi connectivity index (χ0) is 21.1. The van der Waals surface area contributed by atoms with Crippen molar-refractivity contribution in [1.29, 1.82) is 5.26 Å². The number of carboxylic acids is 2. The van der Waals surface area contributed by atoms with Crippen LogP contribution in [0.2, 0.25) is 0 Å². The summed E-state index contributed by atoms with van der Waals surface area (Å²) in [5, 5.41) is 33.4. The Morgan fingerprint density at radius 1 is 1.14 bits per heavy atom. The van der Waals surface area contributed by atoms with Gasteiger partial charge in [-0.15, -0.1) is 11.8 Å². The van der Waals surface area contributed by atoms with Crippen molar-refractivity contribution in [2.75, 3.05) is 6.61 Å². The van der Waals surface area contributed by atoms with Crippen molar-refractivity contribution in [3.63, 3.8) is 0 Å². The molecule has 0 saturated carbocycles. The van der Waals surface area contributed by atoms with Gasteiger partial charge in [0.1, 0.15) is 6.07 Å². The van der Waals surface area contributed by atoms with E-state index < -0.39 is 11.9 Å². The molecule has 0 heterocycles. The van der Waals surface area contributed by atoms with Crippen LogP contribution < -0.4 is 5.73 Å². The summed E-state index contributed by atoms with van der Waals surface area (Å²) in [5.74, 6) is -3.65. The van der Waals surface area contributed by atoms with Crippen molar-refractivity contribution in [2.24, 2.45) is 5.73 Å². The predicted molar refractivity (Wildman–Crippen MR) is 109 cm³/mol. The van der Waals surface area contributed by atoms with Crippen molar-refractivity contribution in [3.05, 3.63) is 64.1 Å². The van der Waals surface area contributed by atoms with Gasteiger partial charge in [0.15, 0.2) is 0 Å². The fourth-order valence-corrected chi connectivity index (χ4v) is 3.80. The van der Waals surface area contributed by atoms with Gasteiger partial charge in [0, 0.05) is 20.7 Å². The van der Waals surface area contributed by atoms with Gasteiger partial charge in [-0.25, -0.2) is 9.59 Å². The molecule has 0 fully saturated rings. The molecule has 2 aromatic carbocycles. The third-order valence-electron chi connectivity index (χ3n) is 3.44. The van der Waals surface area contributed by atoms with Gasteiger partial charge in [-0.1, -0.05) is 46.3 Å². The molecule has 0 saturated heterocycles. The molecule has 0 aliphatic rings. The highest BCUT2D eigenvalue weighted by molar-refractivity contribution is 9.10. The summed E-state index contributed by atoms with van der Waals surface area (Å²) in [4.78, 5) is 19.1. The van der Waals surface area contributed by atoms with Crippen molar-refractivity contribution < 1.29 is 24.9 Å². The molecule has 0 spiro atoms. The van der Waals surface area contributed by atoms with Gasteiger partial charge >= 0.3 is 11.9 Å². The number of nitriles is 1. The summed E-state index contributed by atoms with van der Waals surface area (Å²) in [6.45, 7) is -0.0463. The molecule has 2 atom stereocenters. The molecule has 0 amide bonds. The standard InChI is InChI=1S/C17H17BrN2OS.C2H2O4/c18-14-6-7-16(13(8-14)10-19)22-17(9-15(20)11-21)12-4-2-1-3-5-12;3-1(4)2(5)6/h1-8,15,17,21H,9,11,20H2;(H,3,4)(H,5,6)/t15-,17+;/m0./s1. The summed E-state index contributed by atoms with van der Waals surface area (Å²) in [5.41, 5.74) is 7.70. The van der Waals surface area contributed by atoms with E-state index in [9.17, 15) is 10.4 Å². The number of nitrogens with two attached hydrogens (primary N) is 1. The molecule has 0 aliphatic heterocycles. The Bertz CT molecular complexity index is 830. The Hall–Kier alpha value is -2.38. The largest absolute Gasteiger partial charge is 0.473 e. The van der Waals surface area contributed by atoms with E-state index in [2.05, 4.69) is 22.0 Å². The third kappa shape index (κ3) is 8.10. The van der Waals surface area contributed by atoms with Crippen LogP contribution in [0.4, 0.5) is 0 Å². The minimum Gasteiger partial charge on any atom is -0.473 e. The molecule has 28 heavy (non-hydrogen) atoms. The Morgan fingerprint density at radius 2 is 1.75 bits per heavy atom. The maximum absolute atomic E-state index is 9.31. The molecule has 0 radical (unpaired) electrons. The van der Waals surface area contributed by atoms with Gasteiger partial charge in [-0.2, -0.15) is 5.26 Å². The van der Waals surface area contributed by atoms with Crippen LogP contribution in [-0.4, -0.2) is 39.9 Å². The average molecular weight is 467 g/mol. The highest BCUT2D eigenvalue weighted by atomic mass is 79.9. The van der Waals surface area contributed by atoms with E-state index in [0.29, 0.717) is 12.0 Å². The molecule has 0 unspecified atom stereocenters. The second-order valence-corrected chi connectivity index (χ2v) is 7.72. The van der Waals surface area contributed by atoms with Crippen LogP contribution in [0.5, 0.6) is 0 Å². The quantitative estimate of drug-likeness (QED) is 0.375. The molecule has 2 aromatic rings. The molecule has 148 valence electrons. The van der Waals surface area contributed by atoms with Crippen LogP contribution in [0.25, 0.3) is 0 Å². The maximum Gasteiger partial charge on any atom is 0.414 e. The third-order valence-corrected chi connectivity index (χ3v) is 5.29. The number of halogens is 1. The summed E-state index contributed by atoms with van der Waals surface area (Å²) >= 11 is 5.00. The van der Waals surface area contributed by atoms with Gasteiger partial charge in [0.05, 0.1) is 12.2 Å². The fraction of sp³-hybridized carbons (Fsp3) is 0.211. The molecule has 0 bridgehead atoms. The van der Waals surface area contributed by atoms with E-state index in [-0.39, 0.29) is 17.9 Å². The van der Waals surface area contributed by atoms with E-state index in [4.69, 9.17) is 25.5 Å². The van der Waals surface area contributed by atoms with E-state index >= 15 is 0 Å². The Kier molecular flexibility index (Phi) is 10.3. The second-order valence-electron chi connectivity index (χ2n) is 5.56. The molecule has 0 aromatic heterocycles. The Morgan fingerprint density at radius 3 is 2.25 bits per heavy atom. The highest BCUT2D eigenvalue weighted by Gasteiger charge is 2.18. The fourth-order valence-electron chi connectivity index (χ4n) is 2.12. The first-order valence-corrected chi connectivity index (χ1v) is 9.69. The molecule has 5 N–H and O–H groups in total. The van der Waals surface area contributed by atoms with Crippen LogP contribution in [0.1, 0.15) is 22.8 Å². The average Bonchev–Trinajstić information content (AvgIpc) is 2.69. The van der Waals surface area contributed by atoms with Gasteiger partial charge in [0.2, 0.25) is 0 Å². The number of hydrogen-bond donors (Lipinski definition) is 4.